The van der Waals surface area contributed by atoms with Crippen molar-refractivity contribution in [2.45, 2.75) is 83.3 Å². The molecule has 0 bridgehead atoms. The van der Waals surface area contributed by atoms with Crippen LogP contribution in [-0.4, -0.2) is 61.4 Å². The summed E-state index contributed by atoms with van der Waals surface area (Å²) in [6.07, 6.45) is 14.9. The molecule has 2 fully saturated rings. The van der Waals surface area contributed by atoms with Crippen molar-refractivity contribution in [3.8, 4) is 0 Å². The van der Waals surface area contributed by atoms with E-state index in [1.165, 1.54) is 57.8 Å². The molecule has 0 aliphatic carbocycles. The normalized spacial score (nSPS) is 19.2. The third-order valence-corrected chi connectivity index (χ3v) is 4.10. The summed E-state index contributed by atoms with van der Waals surface area (Å²) in [5.74, 6) is -0.981. The number of epoxide rings is 2. The van der Waals surface area contributed by atoms with Gasteiger partial charge in [0.25, 0.3) is 0 Å². The van der Waals surface area contributed by atoms with E-state index in [-0.39, 0.29) is 0 Å². The largest absolute Gasteiger partial charge is 0.478 e. The van der Waals surface area contributed by atoms with Crippen LogP contribution in [0, 0.1) is 0 Å². The molecule has 6 heteroatoms. The lowest BCUT2D eigenvalue weighted by Gasteiger charge is -2.00. The summed E-state index contributed by atoms with van der Waals surface area (Å²) in [6, 6.07) is 0. The van der Waals surface area contributed by atoms with E-state index in [0.29, 0.717) is 18.8 Å². The Labute approximate surface area is 164 Å². The molecule has 160 valence electrons. The predicted octanol–water partition coefficient (Wildman–Crippen LogP) is 3.96. The molecule has 0 aromatic heterocycles. The topological polar surface area (TPSA) is 91.8 Å². The Kier molecular flexibility index (Phi) is 19.1. The van der Waals surface area contributed by atoms with Crippen molar-refractivity contribution in [1.29, 1.82) is 0 Å². The van der Waals surface area contributed by atoms with Crippen LogP contribution in [0.1, 0.15) is 71.1 Å². The third-order valence-electron chi connectivity index (χ3n) is 4.10. The van der Waals surface area contributed by atoms with E-state index in [4.69, 9.17) is 24.4 Å². The lowest BCUT2D eigenvalue weighted by Crippen LogP contribution is -2.06. The van der Waals surface area contributed by atoms with Gasteiger partial charge in [0.05, 0.1) is 26.4 Å². The number of carboxylic acids is 1. The molecule has 0 aromatic carbocycles. The summed E-state index contributed by atoms with van der Waals surface area (Å²) < 4.78 is 15.1. The Balaban J connectivity index is 0.000000415. The standard InChI is InChI=1S/C12H26O.C6H10O3.C3H4O2/c1-2-3-4-5-6-7-8-9-10-11-12-13;1(5-3-8-5)7-2-6-4-9-6;1-2-3(4)5/h13H,2-12H2,1H3;5-6H,1-4H2;2H,1H2,(H,4,5). The van der Waals surface area contributed by atoms with Crippen LogP contribution in [0.5, 0.6) is 0 Å². The molecule has 2 atom stereocenters. The van der Waals surface area contributed by atoms with Gasteiger partial charge in [0.1, 0.15) is 12.2 Å². The SMILES string of the molecule is C(OCC1CO1)C1CO1.C=CC(=O)O.CCCCCCCCCCCCO. The first-order valence-electron chi connectivity index (χ1n) is 10.4. The van der Waals surface area contributed by atoms with Crippen LogP contribution in [0.15, 0.2) is 12.7 Å². The van der Waals surface area contributed by atoms with Crippen LogP contribution >= 0.6 is 0 Å². The van der Waals surface area contributed by atoms with Crippen molar-refractivity contribution >= 4 is 5.97 Å². The highest BCUT2D eigenvalue weighted by molar-refractivity contribution is 5.78. The van der Waals surface area contributed by atoms with E-state index >= 15 is 0 Å². The summed E-state index contributed by atoms with van der Waals surface area (Å²) in [5.41, 5.74) is 0. The molecule has 2 saturated heterocycles. The summed E-state index contributed by atoms with van der Waals surface area (Å²) in [4.78, 5) is 9.25. The Hall–Kier alpha value is -0.950. The maximum absolute atomic E-state index is 9.25. The average Bonchev–Trinajstić information content (AvgIpc) is 3.57. The monoisotopic (exact) mass is 388 g/mol. The molecular formula is C21H40O6. The van der Waals surface area contributed by atoms with Crippen molar-refractivity contribution in [2.24, 2.45) is 0 Å². The van der Waals surface area contributed by atoms with E-state index in [9.17, 15) is 4.79 Å². The minimum atomic E-state index is -0.981. The number of ether oxygens (including phenoxy) is 3. The Morgan fingerprint density at radius 3 is 1.63 bits per heavy atom. The third kappa shape index (κ3) is 25.1. The highest BCUT2D eigenvalue weighted by Gasteiger charge is 2.26. The molecule has 0 aromatic rings. The molecule has 6 nitrogen and oxygen atoms in total. The number of aliphatic hydroxyl groups is 1. The van der Waals surface area contributed by atoms with Crippen LogP contribution in [0.4, 0.5) is 0 Å². The van der Waals surface area contributed by atoms with Gasteiger partial charge in [0.2, 0.25) is 0 Å². The summed E-state index contributed by atoms with van der Waals surface area (Å²) in [7, 11) is 0. The number of carboxylic acid groups (broad SMARTS) is 1. The Morgan fingerprint density at radius 1 is 0.963 bits per heavy atom. The van der Waals surface area contributed by atoms with Crippen LogP contribution in [-0.2, 0) is 19.0 Å². The van der Waals surface area contributed by atoms with Crippen molar-refractivity contribution < 1.29 is 29.2 Å². The van der Waals surface area contributed by atoms with Crippen molar-refractivity contribution in [1.82, 2.24) is 0 Å². The molecule has 2 N–H and O–H groups in total. The first-order chi connectivity index (χ1) is 13.1. The zero-order valence-electron chi connectivity index (χ0n) is 17.1. The van der Waals surface area contributed by atoms with E-state index in [1.54, 1.807) is 0 Å². The highest BCUT2D eigenvalue weighted by Crippen LogP contribution is 2.12. The molecule has 0 saturated carbocycles. The number of unbranched alkanes of at least 4 members (excludes halogenated alkanes) is 9. The molecule has 2 rings (SSSR count). The second-order valence-electron chi connectivity index (χ2n) is 6.90. The van der Waals surface area contributed by atoms with Gasteiger partial charge < -0.3 is 24.4 Å². The quantitative estimate of drug-likeness (QED) is 0.251. The van der Waals surface area contributed by atoms with Gasteiger partial charge in [-0.25, -0.2) is 4.79 Å². The summed E-state index contributed by atoms with van der Waals surface area (Å²) in [6.45, 7) is 8.85. The maximum atomic E-state index is 9.25. The number of aliphatic carboxylic acids is 1. The van der Waals surface area contributed by atoms with Crippen LogP contribution < -0.4 is 0 Å². The minimum absolute atomic E-state index is 0.372. The number of carbonyl (C=O) groups is 1. The fourth-order valence-corrected chi connectivity index (χ4v) is 2.26. The highest BCUT2D eigenvalue weighted by atomic mass is 16.6. The zero-order chi connectivity index (χ0) is 20.2. The fourth-order valence-electron chi connectivity index (χ4n) is 2.26. The molecule has 27 heavy (non-hydrogen) atoms. The van der Waals surface area contributed by atoms with Crippen LogP contribution in [0.2, 0.25) is 0 Å². The molecule has 2 aliphatic rings. The van der Waals surface area contributed by atoms with Gasteiger partial charge in [-0.15, -0.1) is 0 Å². The van der Waals surface area contributed by atoms with E-state index in [0.717, 1.165) is 38.9 Å². The second kappa shape index (κ2) is 19.8. The molecule has 2 aliphatic heterocycles. The molecule has 0 amide bonds. The van der Waals surface area contributed by atoms with Gasteiger partial charge in [-0.3, -0.25) is 0 Å². The Bertz CT molecular complexity index is 318. The Morgan fingerprint density at radius 2 is 1.33 bits per heavy atom. The molecule has 2 unspecified atom stereocenters. The molecular weight excluding hydrogens is 348 g/mol. The van der Waals surface area contributed by atoms with Gasteiger partial charge in [0, 0.05) is 12.7 Å². The second-order valence-corrected chi connectivity index (χ2v) is 6.90. The number of rotatable bonds is 15. The van der Waals surface area contributed by atoms with Crippen molar-refractivity contribution in [2.75, 3.05) is 33.0 Å². The zero-order valence-corrected chi connectivity index (χ0v) is 17.1. The van der Waals surface area contributed by atoms with Gasteiger partial charge >= 0.3 is 5.97 Å². The molecule has 0 radical (unpaired) electrons. The summed E-state index contributed by atoms with van der Waals surface area (Å²) >= 11 is 0. The molecule has 0 spiro atoms. The maximum Gasteiger partial charge on any atom is 0.327 e. The van der Waals surface area contributed by atoms with Crippen molar-refractivity contribution in [3.05, 3.63) is 12.7 Å². The number of hydrogen-bond donors (Lipinski definition) is 2. The van der Waals surface area contributed by atoms with E-state index < -0.39 is 5.97 Å². The summed E-state index contributed by atoms with van der Waals surface area (Å²) in [5, 5.41) is 16.2. The van der Waals surface area contributed by atoms with Crippen molar-refractivity contribution in [3.63, 3.8) is 0 Å². The van der Waals surface area contributed by atoms with Gasteiger partial charge in [-0.05, 0) is 6.42 Å². The average molecular weight is 389 g/mol. The van der Waals surface area contributed by atoms with Gasteiger partial charge in [0.15, 0.2) is 0 Å². The minimum Gasteiger partial charge on any atom is -0.478 e. The number of aliphatic hydroxyl groups excluding tert-OH is 1. The lowest BCUT2D eigenvalue weighted by molar-refractivity contribution is -0.131. The fraction of sp³-hybridized carbons (Fsp3) is 0.857. The lowest BCUT2D eigenvalue weighted by atomic mass is 10.1. The molecule has 2 heterocycles. The number of hydrogen-bond acceptors (Lipinski definition) is 5. The smallest absolute Gasteiger partial charge is 0.327 e. The van der Waals surface area contributed by atoms with Crippen LogP contribution in [0.25, 0.3) is 0 Å². The van der Waals surface area contributed by atoms with Gasteiger partial charge in [-0.2, -0.15) is 0 Å². The first kappa shape index (κ1) is 26.1. The van der Waals surface area contributed by atoms with Crippen LogP contribution in [0.3, 0.4) is 0 Å². The van der Waals surface area contributed by atoms with Gasteiger partial charge in [-0.1, -0.05) is 71.3 Å². The van der Waals surface area contributed by atoms with E-state index in [1.807, 2.05) is 0 Å². The predicted molar refractivity (Wildman–Crippen MR) is 107 cm³/mol. The first-order valence-corrected chi connectivity index (χ1v) is 10.4. The van der Waals surface area contributed by atoms with E-state index in [2.05, 4.69) is 13.5 Å².